The van der Waals surface area contributed by atoms with E-state index in [4.69, 9.17) is 9.84 Å². The molecule has 3 saturated carbocycles. The first kappa shape index (κ1) is 31.2. The number of ether oxygens (including phenoxy) is 1. The zero-order chi connectivity index (χ0) is 31.7. The van der Waals surface area contributed by atoms with Crippen molar-refractivity contribution in [2.24, 2.45) is 35.6 Å². The van der Waals surface area contributed by atoms with E-state index < -0.39 is 17.1 Å². The number of ketones is 1. The summed E-state index contributed by atoms with van der Waals surface area (Å²) in [6.45, 7) is 11.9. The highest BCUT2D eigenvalue weighted by atomic mass is 32.2. The maximum absolute atomic E-state index is 14.0. The van der Waals surface area contributed by atoms with Crippen molar-refractivity contribution in [2.45, 2.75) is 95.0 Å². The molecule has 4 aliphatic carbocycles. The molecule has 7 unspecified atom stereocenters. The van der Waals surface area contributed by atoms with Gasteiger partial charge in [0, 0.05) is 25.7 Å². The molecule has 8 nitrogen and oxygen atoms in total. The Kier molecular flexibility index (Phi) is 7.86. The van der Waals surface area contributed by atoms with E-state index in [1.165, 1.54) is 28.6 Å². The van der Waals surface area contributed by atoms with Gasteiger partial charge in [0.05, 0.1) is 41.2 Å². The topological polar surface area (TPSA) is 102 Å². The first-order valence-corrected chi connectivity index (χ1v) is 17.8. The van der Waals surface area contributed by atoms with Gasteiger partial charge in [0.15, 0.2) is 10.9 Å². The van der Waals surface area contributed by atoms with Gasteiger partial charge in [-0.25, -0.2) is 4.98 Å². The summed E-state index contributed by atoms with van der Waals surface area (Å²) in [5.74, 6) is 0.540. The molecule has 0 radical (unpaired) electrons. The van der Waals surface area contributed by atoms with E-state index in [9.17, 15) is 15.0 Å². The molecule has 7 rings (SSSR count). The Bertz CT molecular complexity index is 1570. The summed E-state index contributed by atoms with van der Waals surface area (Å²) in [6.07, 6.45) is 16.1. The molecule has 2 aromatic rings. The van der Waals surface area contributed by atoms with Crippen LogP contribution in [0, 0.1) is 28.6 Å². The van der Waals surface area contributed by atoms with E-state index >= 15 is 0 Å². The SMILES string of the molecule is C=Cc1nc(SCC(=O)C2(O)CCC3C4CCC5=Cc6c(cnn6C6CCOCC6)CC5(C)C4C(O)CC32C)n(C)c1C=CC. The summed E-state index contributed by atoms with van der Waals surface area (Å²) in [7, 11) is 1.94. The van der Waals surface area contributed by atoms with Gasteiger partial charge in [0.1, 0.15) is 5.60 Å². The van der Waals surface area contributed by atoms with Crippen LogP contribution < -0.4 is 0 Å². The Balaban J connectivity index is 1.12. The summed E-state index contributed by atoms with van der Waals surface area (Å²) >= 11 is 1.37. The lowest BCUT2D eigenvalue weighted by atomic mass is 9.45. The van der Waals surface area contributed by atoms with Crippen LogP contribution in [0.25, 0.3) is 18.2 Å². The third-order valence-corrected chi connectivity index (χ3v) is 13.6. The molecular formula is C36H48N4O4S. The molecule has 0 amide bonds. The van der Waals surface area contributed by atoms with Gasteiger partial charge in [-0.1, -0.05) is 43.8 Å². The molecule has 242 valence electrons. The van der Waals surface area contributed by atoms with Gasteiger partial charge >= 0.3 is 0 Å². The number of hydrogen-bond acceptors (Lipinski definition) is 7. The first-order chi connectivity index (χ1) is 21.6. The number of nitrogens with zero attached hydrogens (tertiary/aromatic N) is 4. The van der Waals surface area contributed by atoms with Gasteiger partial charge in [-0.3, -0.25) is 9.48 Å². The van der Waals surface area contributed by atoms with Crippen molar-refractivity contribution in [3.63, 3.8) is 0 Å². The second-order valence-electron chi connectivity index (χ2n) is 14.7. The lowest BCUT2D eigenvalue weighted by molar-refractivity contribution is -0.177. The van der Waals surface area contributed by atoms with Crippen molar-refractivity contribution < 1.29 is 19.7 Å². The van der Waals surface area contributed by atoms with Crippen LogP contribution in [-0.4, -0.2) is 66.0 Å². The normalized spacial score (nSPS) is 36.3. The lowest BCUT2D eigenvalue weighted by Gasteiger charge is -2.60. The molecule has 5 aliphatic rings. The highest BCUT2D eigenvalue weighted by Crippen LogP contribution is 2.67. The standard InChI is InChI=1S/C36H48N4O4S/c1-6-8-28-27(7-2)38-33(39(28)5)45-21-31(42)36(43)14-11-26-25-10-9-23-17-29-22(20-37-40(29)24-12-15-44-16-13-24)18-34(23,3)32(25)30(41)19-35(26,36)4/h6-8,17,20,24-26,30,32,41,43H,2,9-16,18-19,21H2,1,3-5H3. The van der Waals surface area contributed by atoms with Gasteiger partial charge in [0.25, 0.3) is 0 Å². The van der Waals surface area contributed by atoms with E-state index in [2.05, 4.69) is 42.4 Å². The summed E-state index contributed by atoms with van der Waals surface area (Å²) in [5.41, 5.74) is 3.38. The second kappa shape index (κ2) is 11.4. The second-order valence-corrected chi connectivity index (χ2v) is 15.6. The number of imidazole rings is 1. The molecule has 0 spiro atoms. The number of thioether (sulfide) groups is 1. The summed E-state index contributed by atoms with van der Waals surface area (Å²) < 4.78 is 9.82. The Labute approximate surface area is 271 Å². The van der Waals surface area contributed by atoms with Crippen molar-refractivity contribution in [3.8, 4) is 0 Å². The van der Waals surface area contributed by atoms with Crippen LogP contribution in [0.4, 0.5) is 0 Å². The molecule has 7 atom stereocenters. The van der Waals surface area contributed by atoms with Crippen LogP contribution in [-0.2, 0) is 23.0 Å². The van der Waals surface area contributed by atoms with Crippen molar-refractivity contribution in [1.29, 1.82) is 0 Å². The molecule has 9 heteroatoms. The molecule has 2 aromatic heterocycles. The number of carbonyl (C=O) groups excluding carboxylic acids is 1. The molecular weight excluding hydrogens is 584 g/mol. The Hall–Kier alpha value is -2.46. The Morgan fingerprint density at radius 3 is 2.76 bits per heavy atom. The molecule has 45 heavy (non-hydrogen) atoms. The molecule has 3 heterocycles. The number of aliphatic hydroxyl groups is 2. The summed E-state index contributed by atoms with van der Waals surface area (Å²) in [5, 5.41) is 29.9. The third-order valence-electron chi connectivity index (χ3n) is 12.6. The van der Waals surface area contributed by atoms with Gasteiger partial charge in [-0.15, -0.1) is 0 Å². The van der Waals surface area contributed by atoms with Crippen LogP contribution >= 0.6 is 11.8 Å². The molecule has 4 fully saturated rings. The fourth-order valence-corrected chi connectivity index (χ4v) is 11.2. The predicted molar refractivity (Wildman–Crippen MR) is 177 cm³/mol. The average molecular weight is 633 g/mol. The van der Waals surface area contributed by atoms with Gasteiger partial charge in [-0.2, -0.15) is 5.10 Å². The zero-order valence-corrected chi connectivity index (χ0v) is 28.0. The molecule has 1 saturated heterocycles. The minimum absolute atomic E-state index is 0.0944. The minimum Gasteiger partial charge on any atom is -0.393 e. The van der Waals surface area contributed by atoms with Gasteiger partial charge < -0.3 is 19.5 Å². The van der Waals surface area contributed by atoms with Crippen molar-refractivity contribution in [2.75, 3.05) is 19.0 Å². The van der Waals surface area contributed by atoms with Crippen molar-refractivity contribution >= 4 is 35.8 Å². The maximum atomic E-state index is 14.0. The van der Waals surface area contributed by atoms with Gasteiger partial charge in [-0.05, 0) is 105 Å². The predicted octanol–water partition coefficient (Wildman–Crippen LogP) is 5.89. The molecule has 2 N–H and O–H groups in total. The molecule has 0 aromatic carbocycles. The first-order valence-electron chi connectivity index (χ1n) is 16.8. The van der Waals surface area contributed by atoms with Crippen LogP contribution in [0.1, 0.15) is 94.4 Å². The number of Topliss-reactive ketones (excluding diaryl/α,β-unsaturated/α-hetero) is 1. The van der Waals surface area contributed by atoms with Crippen LogP contribution in [0.5, 0.6) is 0 Å². The fourth-order valence-electron chi connectivity index (χ4n) is 10.3. The highest BCUT2D eigenvalue weighted by molar-refractivity contribution is 7.99. The number of fused-ring (bicyclic) bond motifs is 6. The smallest absolute Gasteiger partial charge is 0.175 e. The van der Waals surface area contributed by atoms with E-state index in [1.54, 1.807) is 6.08 Å². The minimum atomic E-state index is -1.46. The molecule has 0 bridgehead atoms. The van der Waals surface area contributed by atoms with Crippen molar-refractivity contribution in [1.82, 2.24) is 19.3 Å². The molecule has 1 aliphatic heterocycles. The van der Waals surface area contributed by atoms with Gasteiger partial charge in [0.2, 0.25) is 0 Å². The number of aliphatic hydroxyl groups excluding tert-OH is 1. The van der Waals surface area contributed by atoms with E-state index in [0.717, 1.165) is 68.3 Å². The number of aromatic nitrogens is 4. The Morgan fingerprint density at radius 1 is 1.24 bits per heavy atom. The van der Waals surface area contributed by atoms with Crippen LogP contribution in [0.3, 0.4) is 0 Å². The fraction of sp³-hybridized carbons (Fsp3) is 0.639. The highest BCUT2D eigenvalue weighted by Gasteiger charge is 2.68. The lowest BCUT2D eigenvalue weighted by Crippen LogP contribution is -2.62. The number of carbonyl (C=O) groups is 1. The zero-order valence-electron chi connectivity index (χ0n) is 27.2. The van der Waals surface area contributed by atoms with E-state index in [-0.39, 0.29) is 34.7 Å². The number of hydrogen-bond donors (Lipinski definition) is 2. The summed E-state index contributed by atoms with van der Waals surface area (Å²) in [4.78, 5) is 18.7. The monoisotopic (exact) mass is 632 g/mol. The quantitative estimate of drug-likeness (QED) is 0.367. The number of rotatable bonds is 7. The van der Waals surface area contributed by atoms with E-state index in [1.807, 2.05) is 30.7 Å². The largest absolute Gasteiger partial charge is 0.393 e. The van der Waals surface area contributed by atoms with Crippen LogP contribution in [0.15, 0.2) is 29.6 Å². The Morgan fingerprint density at radius 2 is 2.02 bits per heavy atom. The summed E-state index contributed by atoms with van der Waals surface area (Å²) in [6, 6.07) is 0.379. The maximum Gasteiger partial charge on any atom is 0.175 e. The number of allylic oxidation sites excluding steroid dienone is 2. The average Bonchev–Trinajstić information content (AvgIpc) is 3.66. The van der Waals surface area contributed by atoms with Crippen LogP contribution in [0.2, 0.25) is 0 Å². The third kappa shape index (κ3) is 4.62. The van der Waals surface area contributed by atoms with E-state index in [0.29, 0.717) is 18.9 Å². The van der Waals surface area contributed by atoms with Crippen molar-refractivity contribution in [3.05, 3.63) is 47.1 Å².